The van der Waals surface area contributed by atoms with Gasteiger partial charge in [-0.15, -0.1) is 10.2 Å². The van der Waals surface area contributed by atoms with E-state index in [2.05, 4.69) is 15.5 Å². The number of nitrogens with zero attached hydrogens (tertiary/aromatic N) is 2. The number of para-hydroxylation sites is 1. The van der Waals surface area contributed by atoms with Crippen molar-refractivity contribution < 1.29 is 22.4 Å². The quantitative estimate of drug-likeness (QED) is 0.706. The Kier molecular flexibility index (Phi) is 5.25. The van der Waals surface area contributed by atoms with Gasteiger partial charge in [0.2, 0.25) is 17.7 Å². The summed E-state index contributed by atoms with van der Waals surface area (Å²) >= 11 is 0. The molecule has 0 unspecified atom stereocenters. The number of hydrogen-bond donors (Lipinski definition) is 1. The number of anilines is 1. The van der Waals surface area contributed by atoms with Gasteiger partial charge in [-0.25, -0.2) is 0 Å². The molecule has 1 aromatic heterocycles. The van der Waals surface area contributed by atoms with Crippen molar-refractivity contribution in [1.29, 1.82) is 0 Å². The van der Waals surface area contributed by atoms with Crippen LogP contribution in [0.1, 0.15) is 23.4 Å². The smallest absolute Gasteiger partial charge is 0.416 e. The minimum absolute atomic E-state index is 0.0181. The van der Waals surface area contributed by atoms with Gasteiger partial charge in [0.1, 0.15) is 0 Å². The zero-order valence-electron chi connectivity index (χ0n) is 14.4. The van der Waals surface area contributed by atoms with Crippen LogP contribution >= 0.6 is 0 Å². The molecule has 0 spiro atoms. The number of alkyl halides is 3. The highest BCUT2D eigenvalue weighted by molar-refractivity contribution is 5.91. The molecule has 0 bridgehead atoms. The lowest BCUT2D eigenvalue weighted by Gasteiger charge is -2.07. The lowest BCUT2D eigenvalue weighted by Crippen LogP contribution is -2.13. The zero-order chi connectivity index (χ0) is 19.4. The first kappa shape index (κ1) is 18.6. The van der Waals surface area contributed by atoms with Gasteiger partial charge in [-0.05, 0) is 36.8 Å². The van der Waals surface area contributed by atoms with Crippen LogP contribution in [0.2, 0.25) is 0 Å². The van der Waals surface area contributed by atoms with E-state index in [1.54, 1.807) is 6.07 Å². The van der Waals surface area contributed by atoms with E-state index < -0.39 is 11.7 Å². The maximum atomic E-state index is 12.8. The third-order valence-electron chi connectivity index (χ3n) is 3.89. The number of amides is 1. The SMILES string of the molecule is Cc1ccccc1NC(=O)CCc1nnc(-c2cccc(C(F)(F)F)c2)o1. The van der Waals surface area contributed by atoms with Gasteiger partial charge in [-0.2, -0.15) is 13.2 Å². The minimum Gasteiger partial charge on any atom is -0.421 e. The molecule has 1 heterocycles. The molecule has 0 aliphatic heterocycles. The second kappa shape index (κ2) is 7.61. The summed E-state index contributed by atoms with van der Waals surface area (Å²) in [6, 6.07) is 12.0. The molecule has 5 nitrogen and oxygen atoms in total. The van der Waals surface area contributed by atoms with Crippen LogP contribution in [-0.2, 0) is 17.4 Å². The van der Waals surface area contributed by atoms with Crippen molar-refractivity contribution in [2.24, 2.45) is 0 Å². The second-order valence-corrected chi connectivity index (χ2v) is 5.94. The molecular weight excluding hydrogens is 359 g/mol. The molecule has 8 heteroatoms. The maximum Gasteiger partial charge on any atom is 0.416 e. The summed E-state index contributed by atoms with van der Waals surface area (Å²) in [5.74, 6) is -0.0547. The van der Waals surface area contributed by atoms with Crippen molar-refractivity contribution in [3.8, 4) is 11.5 Å². The Morgan fingerprint density at radius 3 is 2.63 bits per heavy atom. The van der Waals surface area contributed by atoms with Gasteiger partial charge in [0.05, 0.1) is 5.56 Å². The molecule has 0 radical (unpaired) electrons. The van der Waals surface area contributed by atoms with Crippen LogP contribution in [0, 0.1) is 6.92 Å². The summed E-state index contributed by atoms with van der Waals surface area (Å²) in [6.07, 6.45) is -4.16. The Labute approximate surface area is 153 Å². The Balaban J connectivity index is 1.63. The summed E-state index contributed by atoms with van der Waals surface area (Å²) in [7, 11) is 0. The standard InChI is InChI=1S/C19H16F3N3O2/c1-12-5-2-3-8-15(12)23-16(26)9-10-17-24-25-18(27-17)13-6-4-7-14(11-13)19(20,21)22/h2-8,11H,9-10H2,1H3,(H,23,26). The van der Waals surface area contributed by atoms with E-state index in [1.165, 1.54) is 12.1 Å². The highest BCUT2D eigenvalue weighted by Gasteiger charge is 2.30. The lowest BCUT2D eigenvalue weighted by molar-refractivity contribution is -0.137. The number of rotatable bonds is 5. The van der Waals surface area contributed by atoms with E-state index >= 15 is 0 Å². The van der Waals surface area contributed by atoms with E-state index in [9.17, 15) is 18.0 Å². The van der Waals surface area contributed by atoms with Gasteiger partial charge in [0, 0.05) is 24.1 Å². The molecule has 140 valence electrons. The minimum atomic E-state index is -4.45. The molecule has 0 saturated carbocycles. The van der Waals surface area contributed by atoms with Crippen LogP contribution < -0.4 is 5.32 Å². The molecular formula is C19H16F3N3O2. The Morgan fingerprint density at radius 2 is 1.89 bits per heavy atom. The number of nitrogens with one attached hydrogen (secondary N) is 1. The average Bonchev–Trinajstić information content (AvgIpc) is 3.10. The van der Waals surface area contributed by atoms with Gasteiger partial charge in [0.25, 0.3) is 0 Å². The molecule has 0 saturated heterocycles. The van der Waals surface area contributed by atoms with Crippen LogP contribution in [0.15, 0.2) is 52.9 Å². The molecule has 27 heavy (non-hydrogen) atoms. The number of benzene rings is 2. The normalized spacial score (nSPS) is 11.4. The van der Waals surface area contributed by atoms with E-state index in [0.29, 0.717) is 0 Å². The fourth-order valence-corrected chi connectivity index (χ4v) is 2.45. The van der Waals surface area contributed by atoms with E-state index in [1.807, 2.05) is 25.1 Å². The van der Waals surface area contributed by atoms with Crippen molar-refractivity contribution in [3.63, 3.8) is 0 Å². The highest BCUT2D eigenvalue weighted by Crippen LogP contribution is 2.31. The maximum absolute atomic E-state index is 12.8. The summed E-state index contributed by atoms with van der Waals surface area (Å²) in [6.45, 7) is 1.88. The largest absolute Gasteiger partial charge is 0.421 e. The zero-order valence-corrected chi connectivity index (χ0v) is 14.4. The molecule has 3 aromatic rings. The number of carbonyl (C=O) groups excluding carboxylic acids is 1. The first-order valence-electron chi connectivity index (χ1n) is 8.18. The van der Waals surface area contributed by atoms with E-state index in [0.717, 1.165) is 23.4 Å². The van der Waals surface area contributed by atoms with Crippen LogP contribution in [-0.4, -0.2) is 16.1 Å². The highest BCUT2D eigenvalue weighted by atomic mass is 19.4. The Bertz CT molecular complexity index is 951. The molecule has 0 aliphatic rings. The van der Waals surface area contributed by atoms with Crippen LogP contribution in [0.4, 0.5) is 18.9 Å². The second-order valence-electron chi connectivity index (χ2n) is 5.94. The molecule has 1 N–H and O–H groups in total. The third-order valence-corrected chi connectivity index (χ3v) is 3.89. The molecule has 0 atom stereocenters. The molecule has 1 amide bonds. The summed E-state index contributed by atoms with van der Waals surface area (Å²) in [5.41, 5.74) is 1.04. The predicted octanol–water partition coefficient (Wildman–Crippen LogP) is 4.64. The topological polar surface area (TPSA) is 68.0 Å². The lowest BCUT2D eigenvalue weighted by atomic mass is 10.1. The molecule has 0 aliphatic carbocycles. The number of hydrogen-bond acceptors (Lipinski definition) is 4. The fraction of sp³-hybridized carbons (Fsp3) is 0.211. The fourth-order valence-electron chi connectivity index (χ4n) is 2.45. The summed E-state index contributed by atoms with van der Waals surface area (Å²) in [4.78, 5) is 12.0. The van der Waals surface area contributed by atoms with Crippen molar-refractivity contribution in [2.75, 3.05) is 5.32 Å². The Morgan fingerprint density at radius 1 is 1.11 bits per heavy atom. The number of aryl methyl sites for hydroxylation is 2. The molecule has 3 rings (SSSR count). The van der Waals surface area contributed by atoms with E-state index in [4.69, 9.17) is 4.42 Å². The average molecular weight is 375 g/mol. The molecule has 2 aromatic carbocycles. The van der Waals surface area contributed by atoms with Gasteiger partial charge in [0.15, 0.2) is 0 Å². The van der Waals surface area contributed by atoms with Gasteiger partial charge in [-0.1, -0.05) is 24.3 Å². The predicted molar refractivity (Wildman–Crippen MR) is 92.9 cm³/mol. The van der Waals surface area contributed by atoms with Gasteiger partial charge in [-0.3, -0.25) is 4.79 Å². The monoisotopic (exact) mass is 375 g/mol. The first-order valence-corrected chi connectivity index (χ1v) is 8.18. The molecule has 0 fully saturated rings. The van der Waals surface area contributed by atoms with Crippen LogP contribution in [0.25, 0.3) is 11.5 Å². The van der Waals surface area contributed by atoms with Crippen LogP contribution in [0.3, 0.4) is 0 Å². The third kappa shape index (κ3) is 4.72. The Hall–Kier alpha value is -3.16. The van der Waals surface area contributed by atoms with Crippen molar-refractivity contribution in [3.05, 3.63) is 65.5 Å². The van der Waals surface area contributed by atoms with Crippen molar-refractivity contribution in [2.45, 2.75) is 25.9 Å². The van der Waals surface area contributed by atoms with Gasteiger partial charge >= 0.3 is 6.18 Å². The van der Waals surface area contributed by atoms with Gasteiger partial charge < -0.3 is 9.73 Å². The van der Waals surface area contributed by atoms with Crippen LogP contribution in [0.5, 0.6) is 0 Å². The van der Waals surface area contributed by atoms with Crippen molar-refractivity contribution >= 4 is 11.6 Å². The summed E-state index contributed by atoms with van der Waals surface area (Å²) in [5, 5.41) is 10.4. The van der Waals surface area contributed by atoms with E-state index in [-0.39, 0.29) is 36.1 Å². The first-order chi connectivity index (χ1) is 12.8. The number of aromatic nitrogens is 2. The van der Waals surface area contributed by atoms with Crippen molar-refractivity contribution in [1.82, 2.24) is 10.2 Å². The number of halogens is 3. The number of carbonyl (C=O) groups is 1. The summed E-state index contributed by atoms with van der Waals surface area (Å²) < 4.78 is 43.8.